The Morgan fingerprint density at radius 2 is 2.25 bits per heavy atom. The van der Waals surface area contributed by atoms with E-state index >= 15 is 0 Å². The first-order valence-electron chi connectivity index (χ1n) is 6.04. The molecule has 0 fully saturated rings. The fraction of sp³-hybridized carbons (Fsp3) is 0.250. The Morgan fingerprint density at radius 1 is 1.40 bits per heavy atom. The number of nitrogens with zero attached hydrogens (tertiary/aromatic N) is 4. The standard InChI is InChI=1S/C12H13N5O2S/c1-2-6-14-10-4-3-9(17(18)19)12(16-10)20-11-5-7-13-8-15-11/h3-5,7-8H,2,6H2,1H3,(H,14,16). The predicted octanol–water partition coefficient (Wildman–Crippen LogP) is 2.75. The van der Waals surface area contributed by atoms with E-state index in [1.807, 2.05) is 6.92 Å². The molecule has 1 N–H and O–H groups in total. The topological polar surface area (TPSA) is 93.8 Å². The molecule has 2 rings (SSSR count). The van der Waals surface area contributed by atoms with Gasteiger partial charge in [-0.15, -0.1) is 0 Å². The van der Waals surface area contributed by atoms with Crippen LogP contribution in [0.2, 0.25) is 0 Å². The smallest absolute Gasteiger partial charge is 0.301 e. The molecule has 0 amide bonds. The highest BCUT2D eigenvalue weighted by Gasteiger charge is 2.17. The molecule has 0 aliphatic carbocycles. The summed E-state index contributed by atoms with van der Waals surface area (Å²) in [7, 11) is 0. The van der Waals surface area contributed by atoms with Crippen molar-refractivity contribution in [2.75, 3.05) is 11.9 Å². The highest BCUT2D eigenvalue weighted by Crippen LogP contribution is 2.32. The van der Waals surface area contributed by atoms with Crippen molar-refractivity contribution in [1.82, 2.24) is 15.0 Å². The molecular formula is C12H13N5O2S. The molecule has 0 radical (unpaired) electrons. The Morgan fingerprint density at radius 3 is 2.90 bits per heavy atom. The van der Waals surface area contributed by atoms with Crippen molar-refractivity contribution in [1.29, 1.82) is 0 Å². The van der Waals surface area contributed by atoms with Crippen LogP contribution < -0.4 is 5.32 Å². The van der Waals surface area contributed by atoms with E-state index in [4.69, 9.17) is 0 Å². The molecule has 0 spiro atoms. The molecule has 0 bridgehead atoms. The van der Waals surface area contributed by atoms with Crippen LogP contribution in [0.15, 0.2) is 40.8 Å². The second-order valence-corrected chi connectivity index (χ2v) is 4.86. The van der Waals surface area contributed by atoms with Crippen molar-refractivity contribution in [3.8, 4) is 0 Å². The molecule has 20 heavy (non-hydrogen) atoms. The van der Waals surface area contributed by atoms with Crippen molar-refractivity contribution >= 4 is 23.3 Å². The quantitative estimate of drug-likeness (QED) is 0.496. The van der Waals surface area contributed by atoms with Gasteiger partial charge in [0.1, 0.15) is 17.2 Å². The molecule has 0 atom stereocenters. The molecule has 2 heterocycles. The SMILES string of the molecule is CCCNc1ccc([N+](=O)[O-])c(Sc2ccncn2)n1. The molecule has 2 aromatic heterocycles. The van der Waals surface area contributed by atoms with Crippen molar-refractivity contribution in [3.63, 3.8) is 0 Å². The van der Waals surface area contributed by atoms with Gasteiger partial charge in [-0.3, -0.25) is 10.1 Å². The van der Waals surface area contributed by atoms with Crippen molar-refractivity contribution in [2.45, 2.75) is 23.4 Å². The molecule has 0 aliphatic rings. The number of nitrogens with one attached hydrogen (secondary N) is 1. The van der Waals surface area contributed by atoms with Crippen molar-refractivity contribution < 1.29 is 4.92 Å². The Balaban J connectivity index is 2.29. The number of aromatic nitrogens is 3. The average molecular weight is 291 g/mol. The average Bonchev–Trinajstić information content (AvgIpc) is 2.46. The zero-order valence-electron chi connectivity index (χ0n) is 10.8. The van der Waals surface area contributed by atoms with Crippen LogP contribution in [0.1, 0.15) is 13.3 Å². The lowest BCUT2D eigenvalue weighted by Crippen LogP contribution is -2.03. The summed E-state index contributed by atoms with van der Waals surface area (Å²) in [4.78, 5) is 22.7. The van der Waals surface area contributed by atoms with Gasteiger partial charge < -0.3 is 5.32 Å². The Bertz CT molecular complexity index is 594. The van der Waals surface area contributed by atoms with Crippen LogP contribution in [0.3, 0.4) is 0 Å². The molecule has 0 unspecified atom stereocenters. The van der Waals surface area contributed by atoms with Gasteiger partial charge in [-0.25, -0.2) is 15.0 Å². The normalized spacial score (nSPS) is 10.2. The van der Waals surface area contributed by atoms with E-state index in [9.17, 15) is 10.1 Å². The van der Waals surface area contributed by atoms with Crippen LogP contribution in [-0.4, -0.2) is 26.4 Å². The highest BCUT2D eigenvalue weighted by atomic mass is 32.2. The van der Waals surface area contributed by atoms with E-state index in [2.05, 4.69) is 20.3 Å². The van der Waals surface area contributed by atoms with Gasteiger partial charge >= 0.3 is 5.69 Å². The van der Waals surface area contributed by atoms with Crippen LogP contribution in [-0.2, 0) is 0 Å². The molecule has 104 valence electrons. The molecule has 0 aromatic carbocycles. The van der Waals surface area contributed by atoms with Gasteiger partial charge in [0.05, 0.1) is 4.92 Å². The number of hydrogen-bond acceptors (Lipinski definition) is 7. The van der Waals surface area contributed by atoms with E-state index in [0.717, 1.165) is 24.7 Å². The van der Waals surface area contributed by atoms with Crippen LogP contribution in [0, 0.1) is 10.1 Å². The number of pyridine rings is 1. The number of anilines is 1. The minimum atomic E-state index is -0.444. The summed E-state index contributed by atoms with van der Waals surface area (Å²) in [6.45, 7) is 2.80. The van der Waals surface area contributed by atoms with Gasteiger partial charge in [-0.05, 0) is 30.3 Å². The maximum atomic E-state index is 11.0. The van der Waals surface area contributed by atoms with E-state index in [0.29, 0.717) is 15.9 Å². The Labute approximate surface area is 120 Å². The Kier molecular flexibility index (Phi) is 4.83. The van der Waals surface area contributed by atoms with Crippen LogP contribution in [0.4, 0.5) is 11.5 Å². The number of hydrogen-bond donors (Lipinski definition) is 1. The summed E-state index contributed by atoms with van der Waals surface area (Å²) in [5.41, 5.74) is -0.0318. The summed E-state index contributed by atoms with van der Waals surface area (Å²) in [6, 6.07) is 4.74. The van der Waals surface area contributed by atoms with E-state index in [-0.39, 0.29) is 5.69 Å². The molecule has 0 aliphatic heterocycles. The number of nitro groups is 1. The monoisotopic (exact) mass is 291 g/mol. The zero-order chi connectivity index (χ0) is 14.4. The second kappa shape index (κ2) is 6.80. The minimum absolute atomic E-state index is 0.0318. The van der Waals surface area contributed by atoms with E-state index < -0.39 is 4.92 Å². The summed E-state index contributed by atoms with van der Waals surface area (Å²) in [5.74, 6) is 0.619. The van der Waals surface area contributed by atoms with Gasteiger partial charge in [0.15, 0.2) is 5.03 Å². The predicted molar refractivity (Wildman–Crippen MR) is 75.8 cm³/mol. The zero-order valence-corrected chi connectivity index (χ0v) is 11.6. The third kappa shape index (κ3) is 3.64. The molecular weight excluding hydrogens is 278 g/mol. The van der Waals surface area contributed by atoms with Gasteiger partial charge in [-0.1, -0.05) is 6.92 Å². The molecule has 0 saturated carbocycles. The van der Waals surface area contributed by atoms with Crippen molar-refractivity contribution in [3.05, 3.63) is 40.8 Å². The van der Waals surface area contributed by atoms with E-state index in [1.165, 1.54) is 12.4 Å². The number of rotatable bonds is 6. The third-order valence-electron chi connectivity index (χ3n) is 2.35. The first-order chi connectivity index (χ1) is 9.70. The lowest BCUT2D eigenvalue weighted by atomic mass is 10.4. The molecule has 8 heteroatoms. The fourth-order valence-corrected chi connectivity index (χ4v) is 2.25. The summed E-state index contributed by atoms with van der Waals surface area (Å²) < 4.78 is 0. The molecule has 2 aromatic rings. The summed E-state index contributed by atoms with van der Waals surface area (Å²) in [5, 5.41) is 15.1. The summed E-state index contributed by atoms with van der Waals surface area (Å²) in [6.07, 6.45) is 3.93. The maximum Gasteiger partial charge on any atom is 0.301 e. The maximum absolute atomic E-state index is 11.0. The second-order valence-electron chi connectivity index (χ2n) is 3.85. The minimum Gasteiger partial charge on any atom is -0.370 e. The molecule has 0 saturated heterocycles. The summed E-state index contributed by atoms with van der Waals surface area (Å²) >= 11 is 1.15. The van der Waals surface area contributed by atoms with Gasteiger partial charge in [0, 0.05) is 18.8 Å². The van der Waals surface area contributed by atoms with Crippen LogP contribution in [0.5, 0.6) is 0 Å². The fourth-order valence-electron chi connectivity index (χ4n) is 1.44. The highest BCUT2D eigenvalue weighted by molar-refractivity contribution is 7.99. The van der Waals surface area contributed by atoms with Gasteiger partial charge in [0.25, 0.3) is 0 Å². The first-order valence-corrected chi connectivity index (χ1v) is 6.85. The van der Waals surface area contributed by atoms with Gasteiger partial charge in [-0.2, -0.15) is 0 Å². The van der Waals surface area contributed by atoms with E-state index in [1.54, 1.807) is 18.3 Å². The third-order valence-corrected chi connectivity index (χ3v) is 3.29. The molecule has 7 nitrogen and oxygen atoms in total. The van der Waals surface area contributed by atoms with Crippen LogP contribution in [0.25, 0.3) is 0 Å². The lowest BCUT2D eigenvalue weighted by molar-refractivity contribution is -0.388. The largest absolute Gasteiger partial charge is 0.370 e. The Hall–Kier alpha value is -2.22. The van der Waals surface area contributed by atoms with Gasteiger partial charge in [0.2, 0.25) is 0 Å². The van der Waals surface area contributed by atoms with Crippen molar-refractivity contribution in [2.24, 2.45) is 0 Å². The lowest BCUT2D eigenvalue weighted by Gasteiger charge is -2.06. The van der Waals surface area contributed by atoms with Crippen LogP contribution >= 0.6 is 11.8 Å². The first kappa shape index (κ1) is 14.2.